The molecule has 0 bridgehead atoms. The third-order valence-corrected chi connectivity index (χ3v) is 21.4. The van der Waals surface area contributed by atoms with Crippen molar-refractivity contribution in [3.05, 3.63) is 278 Å². The van der Waals surface area contributed by atoms with Crippen LogP contribution in [0.3, 0.4) is 0 Å². The number of anilines is 6. The summed E-state index contributed by atoms with van der Waals surface area (Å²) < 4.78 is 20.4. The van der Waals surface area contributed by atoms with Crippen LogP contribution in [0, 0.1) is 0 Å². The van der Waals surface area contributed by atoms with Crippen LogP contribution in [-0.2, 0) is 10.8 Å². The molecule has 4 aliphatic rings. The molecule has 6 heterocycles. The summed E-state index contributed by atoms with van der Waals surface area (Å²) in [6, 6.07) is 99.4. The lowest BCUT2D eigenvalue weighted by atomic mass is 9.31. The Bertz CT molecular complexity index is 5630. The largest absolute Gasteiger partial charge is 0.458 e. The van der Waals surface area contributed by atoms with Gasteiger partial charge in [-0.1, -0.05) is 235 Å². The van der Waals surface area contributed by atoms with Gasteiger partial charge in [0.05, 0.1) is 5.69 Å². The van der Waals surface area contributed by atoms with Crippen molar-refractivity contribution in [2.24, 2.45) is 0 Å². The molecule has 0 atom stereocenters. The van der Waals surface area contributed by atoms with E-state index in [1.54, 1.807) is 0 Å². The Labute approximate surface area is 552 Å². The number of rotatable bonds is 6. The zero-order valence-electron chi connectivity index (χ0n) is 53.1. The second kappa shape index (κ2) is 20.4. The number of hydrogen-bond acceptors (Lipinski definition) is 6. The zero-order valence-corrected chi connectivity index (χ0v) is 53.9. The summed E-state index contributed by atoms with van der Waals surface area (Å²) >= 11 is 1.92. The monoisotopic (exact) mass is 1220 g/mol. The maximum absolute atomic E-state index is 7.49. The van der Waals surface area contributed by atoms with E-state index in [1.807, 2.05) is 17.8 Å². The first-order chi connectivity index (χ1) is 45.8. The van der Waals surface area contributed by atoms with Gasteiger partial charge in [0, 0.05) is 70.9 Å². The third-order valence-electron chi connectivity index (χ3n) is 20.3. The summed E-state index contributed by atoms with van der Waals surface area (Å²) in [4.78, 5) is 7.76. The summed E-state index contributed by atoms with van der Waals surface area (Å²) in [6.45, 7) is 13.5. The Morgan fingerprint density at radius 1 is 0.319 bits per heavy atom. The fraction of sp³-hybridized carbons (Fsp3) is 0.0930. The van der Waals surface area contributed by atoms with Crippen LogP contribution in [0.1, 0.15) is 52.7 Å². The molecule has 0 aliphatic carbocycles. The quantitative estimate of drug-likeness (QED) is 0.155. The molecular formula is C86H62B2N2O3S. The fourth-order valence-corrected chi connectivity index (χ4v) is 16.9. The number of benzene rings is 13. The molecule has 5 nitrogen and oxygen atoms in total. The van der Waals surface area contributed by atoms with Crippen LogP contribution in [-0.4, -0.2) is 13.4 Å². The highest BCUT2D eigenvalue weighted by Crippen LogP contribution is 2.53. The van der Waals surface area contributed by atoms with Gasteiger partial charge in [0.15, 0.2) is 0 Å². The van der Waals surface area contributed by atoms with Crippen molar-refractivity contribution < 1.29 is 13.6 Å². The topological polar surface area (TPSA) is 42.0 Å². The molecule has 4 aliphatic heterocycles. The molecule has 0 amide bonds. The second-order valence-electron chi connectivity index (χ2n) is 27.9. The summed E-state index contributed by atoms with van der Waals surface area (Å²) in [5.74, 6) is 1.75. The van der Waals surface area contributed by atoms with Gasteiger partial charge in [-0.05, 0) is 174 Å². The SMILES string of the molecule is CC(C)(C)c1ccc2c(c1)Oc1cc(-c3ccc4oc5ccccc5c4c3)cc3c1B2c1cc2c(cc1N3c1ccccc1)N(c1c(-c3ccccc3)cccc1-c1ccccc1)c1cc(-c3ccc4oc5ccccc5c4c3)cc3c1B2c1ccc(C(C)(C)C)cc1S3. The Morgan fingerprint density at radius 3 is 1.44 bits per heavy atom. The van der Waals surface area contributed by atoms with Crippen LogP contribution in [0.25, 0.3) is 88.4 Å². The fourth-order valence-electron chi connectivity index (χ4n) is 15.6. The van der Waals surface area contributed by atoms with Crippen LogP contribution < -0.4 is 47.3 Å². The lowest BCUT2D eigenvalue weighted by Gasteiger charge is -2.45. The van der Waals surface area contributed by atoms with Crippen molar-refractivity contribution in [2.45, 2.75) is 62.2 Å². The number of nitrogens with zero attached hydrogens (tertiary/aromatic N) is 2. The molecule has 94 heavy (non-hydrogen) atoms. The first-order valence-corrected chi connectivity index (χ1v) is 33.6. The molecule has 0 saturated heterocycles. The maximum atomic E-state index is 7.49. The zero-order chi connectivity index (χ0) is 62.9. The van der Waals surface area contributed by atoms with Gasteiger partial charge < -0.3 is 23.4 Å². The molecule has 15 aromatic rings. The predicted molar refractivity (Wildman–Crippen MR) is 396 cm³/mol. The van der Waals surface area contributed by atoms with Crippen LogP contribution >= 0.6 is 11.8 Å². The van der Waals surface area contributed by atoms with Crippen LogP contribution in [0.2, 0.25) is 0 Å². The van der Waals surface area contributed by atoms with Gasteiger partial charge in [0.25, 0.3) is 6.71 Å². The highest BCUT2D eigenvalue weighted by atomic mass is 32.2. The average molecular weight is 1230 g/mol. The molecule has 19 rings (SSSR count). The first-order valence-electron chi connectivity index (χ1n) is 32.8. The molecular weight excluding hydrogens is 1160 g/mol. The number of para-hydroxylation sites is 4. The lowest BCUT2D eigenvalue weighted by Crippen LogP contribution is -2.64. The number of hydrogen-bond donors (Lipinski definition) is 0. The Balaban J connectivity index is 0.945. The number of furan rings is 2. The van der Waals surface area contributed by atoms with Crippen LogP contribution in [0.4, 0.5) is 34.1 Å². The van der Waals surface area contributed by atoms with E-state index in [1.165, 1.54) is 42.8 Å². The van der Waals surface area contributed by atoms with Crippen molar-refractivity contribution in [1.29, 1.82) is 0 Å². The highest BCUT2D eigenvalue weighted by molar-refractivity contribution is 8.00. The molecule has 0 fully saturated rings. The Morgan fingerprint density at radius 2 is 0.830 bits per heavy atom. The van der Waals surface area contributed by atoms with Gasteiger partial charge >= 0.3 is 0 Å². The van der Waals surface area contributed by atoms with Crippen molar-refractivity contribution >= 4 is 136 Å². The number of ether oxygens (including phenoxy) is 1. The van der Waals surface area contributed by atoms with E-state index in [4.69, 9.17) is 13.6 Å². The van der Waals surface area contributed by atoms with E-state index in [0.29, 0.717) is 0 Å². The molecule has 2 aromatic heterocycles. The Hall–Kier alpha value is -10.7. The second-order valence-corrected chi connectivity index (χ2v) is 29.0. The normalized spacial score (nSPS) is 13.6. The third kappa shape index (κ3) is 8.44. The molecule has 0 unspecified atom stereocenters. The smallest absolute Gasteiger partial charge is 0.256 e. The van der Waals surface area contributed by atoms with Gasteiger partial charge in [-0.3, -0.25) is 0 Å². The Kier molecular flexibility index (Phi) is 12.0. The molecule has 8 heteroatoms. The van der Waals surface area contributed by atoms with E-state index < -0.39 is 0 Å². The molecule has 0 saturated carbocycles. The molecule has 0 N–H and O–H groups in total. The van der Waals surface area contributed by atoms with E-state index in [9.17, 15) is 0 Å². The minimum atomic E-state index is -0.194. The van der Waals surface area contributed by atoms with Crippen molar-refractivity contribution in [2.75, 3.05) is 9.80 Å². The van der Waals surface area contributed by atoms with E-state index in [-0.39, 0.29) is 24.3 Å². The summed E-state index contributed by atoms with van der Waals surface area (Å²) in [5.41, 5.74) is 28.9. The summed E-state index contributed by atoms with van der Waals surface area (Å²) in [5, 5.41) is 4.40. The molecule has 13 aromatic carbocycles. The molecule has 446 valence electrons. The van der Waals surface area contributed by atoms with Gasteiger partial charge in [-0.15, -0.1) is 0 Å². The van der Waals surface area contributed by atoms with Gasteiger partial charge in [-0.25, -0.2) is 0 Å². The molecule has 0 radical (unpaired) electrons. The van der Waals surface area contributed by atoms with Crippen molar-refractivity contribution in [1.82, 2.24) is 0 Å². The van der Waals surface area contributed by atoms with Crippen molar-refractivity contribution in [3.8, 4) is 56.0 Å². The van der Waals surface area contributed by atoms with E-state index in [2.05, 4.69) is 312 Å². The number of fused-ring (bicyclic) bond motifs is 14. The summed E-state index contributed by atoms with van der Waals surface area (Å²) in [6.07, 6.45) is 0. The standard InChI is InChI=1S/C86H62B2N2O3S/c1-85(2,3)57-35-37-66-78(47-57)93-79-45-55(53-33-39-76-64(41-53)62-27-16-18-31-74(62)91-76)43-72-82(79)87(66)68-49-69-71(50-70(68)89(72)59-25-14-9-15-26-59)90(84-60(51-21-10-7-11-22-51)29-20-30-61(84)52-23-12-8-13-24-52)73-44-56(54-34-40-77-65(42-54)63-28-17-19-32-75(63)92-77)46-81-83(73)88(69)67-38-36-58(86(4,5)6)48-80(67)94-81/h7-50H,1-6H3. The van der Waals surface area contributed by atoms with Crippen LogP contribution in [0.15, 0.2) is 286 Å². The summed E-state index contributed by atoms with van der Waals surface area (Å²) in [7, 11) is 0. The van der Waals surface area contributed by atoms with E-state index in [0.717, 1.165) is 145 Å². The van der Waals surface area contributed by atoms with Crippen molar-refractivity contribution in [3.63, 3.8) is 0 Å². The first kappa shape index (κ1) is 55.0. The van der Waals surface area contributed by atoms with Crippen LogP contribution in [0.5, 0.6) is 11.5 Å². The van der Waals surface area contributed by atoms with Gasteiger partial charge in [-0.2, -0.15) is 0 Å². The maximum Gasteiger partial charge on any atom is 0.256 e. The minimum Gasteiger partial charge on any atom is -0.458 e. The lowest BCUT2D eigenvalue weighted by molar-refractivity contribution is 0.483. The average Bonchev–Trinajstić information content (AvgIpc) is 0.832. The minimum absolute atomic E-state index is 0.0729. The highest BCUT2D eigenvalue weighted by Gasteiger charge is 2.48. The predicted octanol–water partition coefficient (Wildman–Crippen LogP) is 19.9. The molecule has 0 spiro atoms. The van der Waals surface area contributed by atoms with Gasteiger partial charge in [0.2, 0.25) is 6.71 Å². The van der Waals surface area contributed by atoms with E-state index >= 15 is 0 Å². The van der Waals surface area contributed by atoms with Gasteiger partial charge in [0.1, 0.15) is 33.8 Å².